The molecule has 1 aliphatic carbocycles. The normalized spacial score (nSPS) is 27.4. The average Bonchev–Trinajstić information content (AvgIpc) is 3.12. The van der Waals surface area contributed by atoms with Crippen molar-refractivity contribution >= 4 is 35.0 Å². The Hall–Kier alpha value is -3.27. The number of Topliss-reactive ketones (excluding diaryl/α,β-unsaturated/α-hetero) is 1. The molecule has 2 heterocycles. The van der Waals surface area contributed by atoms with Gasteiger partial charge in [-0.05, 0) is 24.6 Å². The summed E-state index contributed by atoms with van der Waals surface area (Å²) >= 11 is 6.19. The van der Waals surface area contributed by atoms with Gasteiger partial charge < -0.3 is 29.5 Å². The summed E-state index contributed by atoms with van der Waals surface area (Å²) in [6.45, 7) is 1.35. The number of benzene rings is 1. The number of methoxy groups -OCH3 is 2. The van der Waals surface area contributed by atoms with E-state index in [2.05, 4.69) is 10.5 Å². The smallest absolute Gasteiger partial charge is 0.349 e. The summed E-state index contributed by atoms with van der Waals surface area (Å²) in [7, 11) is 2.35. The first-order chi connectivity index (χ1) is 13.7. The molecule has 1 spiro atoms. The van der Waals surface area contributed by atoms with Crippen LogP contribution in [0.4, 0.5) is 0 Å². The van der Waals surface area contributed by atoms with E-state index >= 15 is 0 Å². The van der Waals surface area contributed by atoms with Crippen LogP contribution in [-0.2, 0) is 23.8 Å². The number of halogens is 1. The van der Waals surface area contributed by atoms with Crippen molar-refractivity contribution in [3.05, 3.63) is 34.1 Å². The van der Waals surface area contributed by atoms with Crippen molar-refractivity contribution in [2.75, 3.05) is 20.8 Å². The Morgan fingerprint density at radius 1 is 1.31 bits per heavy atom. The molecular formula is C18H15ClN2O8. The lowest BCUT2D eigenvalue weighted by Crippen LogP contribution is -2.71. The zero-order chi connectivity index (χ0) is 21.1. The third-order valence-corrected chi connectivity index (χ3v) is 5.42. The molecule has 2 atom stereocenters. The molecule has 0 radical (unpaired) electrons. The van der Waals surface area contributed by atoms with Gasteiger partial charge in [-0.2, -0.15) is 5.10 Å². The Morgan fingerprint density at radius 2 is 2.03 bits per heavy atom. The van der Waals surface area contributed by atoms with Crippen LogP contribution in [0.5, 0.6) is 11.5 Å². The molecule has 1 aromatic carbocycles. The van der Waals surface area contributed by atoms with Gasteiger partial charge in [0.05, 0.1) is 20.8 Å². The molecule has 0 fully saturated rings. The van der Waals surface area contributed by atoms with Crippen molar-refractivity contribution < 1.29 is 38.4 Å². The maximum absolute atomic E-state index is 13.3. The molecule has 2 N–H and O–H groups in total. The van der Waals surface area contributed by atoms with E-state index in [9.17, 15) is 19.5 Å². The number of hydrazone groups is 1. The molecule has 4 rings (SSSR count). The first-order valence-electron chi connectivity index (χ1n) is 8.38. The number of nitrogens with zero attached hydrogens (tertiary/aromatic N) is 1. The lowest BCUT2D eigenvalue weighted by molar-refractivity contribution is -0.213. The number of rotatable bonds is 2. The zero-order valence-corrected chi connectivity index (χ0v) is 16.2. The topological polar surface area (TPSA) is 133 Å². The van der Waals surface area contributed by atoms with Gasteiger partial charge in [0.1, 0.15) is 27.8 Å². The Balaban J connectivity index is 2.04. The third-order valence-electron chi connectivity index (χ3n) is 5.07. The van der Waals surface area contributed by atoms with Crippen LogP contribution in [0.15, 0.2) is 28.0 Å². The lowest BCUT2D eigenvalue weighted by Gasteiger charge is -2.47. The van der Waals surface area contributed by atoms with Crippen LogP contribution in [0.2, 0.25) is 0 Å². The number of ether oxygens (including phenoxy) is 4. The lowest BCUT2D eigenvalue weighted by atomic mass is 9.68. The Labute approximate surface area is 169 Å². The molecule has 1 aromatic rings. The molecular weight excluding hydrogens is 408 g/mol. The minimum absolute atomic E-state index is 0.107. The number of nitrogens with one attached hydrogen (secondary N) is 1. The van der Waals surface area contributed by atoms with Crippen molar-refractivity contribution in [1.82, 2.24) is 5.43 Å². The fourth-order valence-corrected chi connectivity index (χ4v) is 4.08. The maximum atomic E-state index is 13.3. The van der Waals surface area contributed by atoms with Gasteiger partial charge in [0, 0.05) is 0 Å². The largest absolute Gasteiger partial charge is 0.507 e. The van der Waals surface area contributed by atoms with E-state index in [0.717, 1.165) is 7.11 Å². The van der Waals surface area contributed by atoms with E-state index in [1.54, 1.807) is 6.92 Å². The fraction of sp³-hybridized carbons (Fsp3) is 0.333. The van der Waals surface area contributed by atoms with E-state index in [1.807, 2.05) is 0 Å². The van der Waals surface area contributed by atoms with Crippen LogP contribution in [0.25, 0.3) is 0 Å². The number of hydrogen-bond donors (Lipinski definition) is 2. The Bertz CT molecular complexity index is 1050. The van der Waals surface area contributed by atoms with E-state index in [0.29, 0.717) is 5.56 Å². The molecule has 0 bridgehead atoms. The minimum atomic E-state index is -2.55. The molecule has 11 heteroatoms. The number of esters is 2. The van der Waals surface area contributed by atoms with Gasteiger partial charge in [-0.25, -0.2) is 4.79 Å². The van der Waals surface area contributed by atoms with Crippen molar-refractivity contribution in [2.45, 2.75) is 12.7 Å². The monoisotopic (exact) mass is 422 g/mol. The number of phenols is 1. The van der Waals surface area contributed by atoms with Gasteiger partial charge in [0.15, 0.2) is 5.76 Å². The number of fused-ring (bicyclic) bond motifs is 3. The van der Waals surface area contributed by atoms with Crippen molar-refractivity contribution in [1.29, 1.82) is 0 Å². The number of ketones is 1. The van der Waals surface area contributed by atoms with Gasteiger partial charge >= 0.3 is 17.7 Å². The highest BCUT2D eigenvalue weighted by Crippen LogP contribution is 2.52. The first-order valence-corrected chi connectivity index (χ1v) is 8.75. The van der Waals surface area contributed by atoms with E-state index < -0.39 is 39.7 Å². The van der Waals surface area contributed by atoms with Crippen molar-refractivity contribution in [3.63, 3.8) is 0 Å². The van der Waals surface area contributed by atoms with Gasteiger partial charge in [-0.1, -0.05) is 11.6 Å². The number of hydrogen-bond acceptors (Lipinski definition) is 10. The van der Waals surface area contributed by atoms with Crippen LogP contribution >= 0.6 is 11.6 Å². The summed E-state index contributed by atoms with van der Waals surface area (Å²) in [4.78, 5) is 39.1. The van der Waals surface area contributed by atoms with Crippen LogP contribution in [0.1, 0.15) is 15.9 Å². The third kappa shape index (κ3) is 2.17. The number of carbonyl (C=O) groups excluding carboxylic acids is 3. The molecule has 29 heavy (non-hydrogen) atoms. The highest BCUT2D eigenvalue weighted by Gasteiger charge is 2.77. The molecule has 152 valence electrons. The van der Waals surface area contributed by atoms with E-state index in [1.165, 1.54) is 19.2 Å². The quantitative estimate of drug-likeness (QED) is 0.662. The molecule has 0 amide bonds. The average molecular weight is 423 g/mol. The number of aryl methyl sites for hydroxylation is 1. The van der Waals surface area contributed by atoms with Crippen LogP contribution < -0.4 is 10.2 Å². The summed E-state index contributed by atoms with van der Waals surface area (Å²) in [6.07, 6.45) is 0. The van der Waals surface area contributed by atoms with E-state index in [-0.39, 0.29) is 29.3 Å². The second kappa shape index (κ2) is 6.11. The fourth-order valence-electron chi connectivity index (χ4n) is 3.79. The Morgan fingerprint density at radius 3 is 2.69 bits per heavy atom. The first kappa shape index (κ1) is 19.1. The Kier molecular flexibility index (Phi) is 4.02. The molecule has 3 aliphatic rings. The second-order valence-corrected chi connectivity index (χ2v) is 7.01. The zero-order valence-electron chi connectivity index (χ0n) is 15.5. The second-order valence-electron chi connectivity index (χ2n) is 6.63. The standard InChI is InChI=1S/C18H15ClN2O8/c1-7-4-8(22)10-9(5-7)28-18(29-15(10)24)14(23)11(19)12(26-2)13-17(18,6-20-21-13)16(25)27-3/h4-5,20,22H,6H2,1-3H3. The van der Waals surface area contributed by atoms with Gasteiger partial charge in [0.25, 0.3) is 5.78 Å². The van der Waals surface area contributed by atoms with Crippen molar-refractivity contribution in [2.24, 2.45) is 10.5 Å². The number of allylic oxidation sites excluding steroid dienone is 1. The molecule has 0 aromatic heterocycles. The number of aromatic hydroxyl groups is 1. The van der Waals surface area contributed by atoms with Gasteiger partial charge in [0.2, 0.25) is 5.41 Å². The summed E-state index contributed by atoms with van der Waals surface area (Å²) in [5.41, 5.74) is 0.720. The molecule has 0 saturated heterocycles. The SMILES string of the molecule is COC(=O)C12CNN=C1C(OC)=C(Cl)C(=O)C21OC(=O)c2c(O)cc(C)cc2O1. The van der Waals surface area contributed by atoms with Crippen LogP contribution in [0.3, 0.4) is 0 Å². The molecule has 2 aliphatic heterocycles. The van der Waals surface area contributed by atoms with Crippen LogP contribution in [0, 0.1) is 12.3 Å². The highest BCUT2D eigenvalue weighted by molar-refractivity contribution is 6.48. The molecule has 0 saturated carbocycles. The summed E-state index contributed by atoms with van der Waals surface area (Å²) in [5.74, 6) is -6.32. The number of phenolic OH excluding ortho intramolecular Hbond substituents is 1. The van der Waals surface area contributed by atoms with E-state index in [4.69, 9.17) is 30.5 Å². The molecule has 2 unspecified atom stereocenters. The highest BCUT2D eigenvalue weighted by atomic mass is 35.5. The van der Waals surface area contributed by atoms with Gasteiger partial charge in [-0.3, -0.25) is 9.59 Å². The summed E-state index contributed by atoms with van der Waals surface area (Å²) in [6, 6.07) is 2.76. The van der Waals surface area contributed by atoms with Gasteiger partial charge in [-0.15, -0.1) is 0 Å². The maximum Gasteiger partial charge on any atom is 0.349 e. The predicted octanol–water partition coefficient (Wildman–Crippen LogP) is 0.744. The minimum Gasteiger partial charge on any atom is -0.507 e. The molecule has 10 nitrogen and oxygen atoms in total. The predicted molar refractivity (Wildman–Crippen MR) is 96.4 cm³/mol. The summed E-state index contributed by atoms with van der Waals surface area (Å²) < 4.78 is 21.4. The number of carbonyl (C=O) groups is 3. The summed E-state index contributed by atoms with van der Waals surface area (Å²) in [5, 5.41) is 13.7. The van der Waals surface area contributed by atoms with Crippen LogP contribution in [-0.4, -0.2) is 55.1 Å². The van der Waals surface area contributed by atoms with Crippen molar-refractivity contribution in [3.8, 4) is 11.5 Å².